The van der Waals surface area contributed by atoms with Gasteiger partial charge in [0.1, 0.15) is 5.82 Å². The highest BCUT2D eigenvalue weighted by molar-refractivity contribution is 6.30. The summed E-state index contributed by atoms with van der Waals surface area (Å²) in [6.45, 7) is 4.05. The van der Waals surface area contributed by atoms with Crippen LogP contribution in [0.2, 0.25) is 5.02 Å². The quantitative estimate of drug-likeness (QED) is 0.861. The zero-order valence-electron chi connectivity index (χ0n) is 12.6. The summed E-state index contributed by atoms with van der Waals surface area (Å²) in [5.41, 5.74) is 1.81. The van der Waals surface area contributed by atoms with Crippen molar-refractivity contribution in [2.24, 2.45) is 5.92 Å². The molecule has 0 aliphatic carbocycles. The Morgan fingerprint density at radius 3 is 2.23 bits per heavy atom. The van der Waals surface area contributed by atoms with Crippen molar-refractivity contribution in [3.63, 3.8) is 0 Å². The Kier molecular flexibility index (Phi) is 5.56. The molecule has 2 aromatic rings. The standard InChI is InChI=1S/C18H19ClFNO/c1-12(2)18(14-5-9-16(20)10-6-14)21-17(22)11-13-3-7-15(19)8-4-13/h3-10,12,18H,11H2,1-2H3,(H,21,22)/t18-/m1/s1. The third-order valence-corrected chi connectivity index (χ3v) is 3.74. The maximum atomic E-state index is 13.0. The minimum atomic E-state index is -0.279. The number of rotatable bonds is 5. The molecule has 0 aromatic heterocycles. The molecule has 1 amide bonds. The van der Waals surface area contributed by atoms with Crippen molar-refractivity contribution < 1.29 is 9.18 Å². The van der Waals surface area contributed by atoms with Crippen LogP contribution in [0.1, 0.15) is 31.0 Å². The first-order valence-electron chi connectivity index (χ1n) is 7.25. The fourth-order valence-electron chi connectivity index (χ4n) is 2.32. The summed E-state index contributed by atoms with van der Waals surface area (Å²) in [6.07, 6.45) is 0.293. The van der Waals surface area contributed by atoms with Crippen molar-refractivity contribution in [2.75, 3.05) is 0 Å². The molecule has 0 aliphatic rings. The first-order chi connectivity index (χ1) is 10.5. The van der Waals surface area contributed by atoms with Crippen LogP contribution in [0.4, 0.5) is 4.39 Å². The van der Waals surface area contributed by atoms with E-state index in [1.807, 2.05) is 26.0 Å². The van der Waals surface area contributed by atoms with Crippen LogP contribution in [0, 0.1) is 11.7 Å². The van der Waals surface area contributed by atoms with Crippen LogP contribution in [-0.4, -0.2) is 5.91 Å². The molecule has 2 nitrogen and oxygen atoms in total. The highest BCUT2D eigenvalue weighted by Gasteiger charge is 2.18. The predicted molar refractivity (Wildman–Crippen MR) is 87.3 cm³/mol. The lowest BCUT2D eigenvalue weighted by atomic mass is 9.95. The van der Waals surface area contributed by atoms with E-state index < -0.39 is 0 Å². The first-order valence-corrected chi connectivity index (χ1v) is 7.63. The number of benzene rings is 2. The van der Waals surface area contributed by atoms with E-state index in [0.717, 1.165) is 11.1 Å². The Bertz CT molecular complexity index is 623. The van der Waals surface area contributed by atoms with Gasteiger partial charge < -0.3 is 5.32 Å². The van der Waals surface area contributed by atoms with Crippen LogP contribution < -0.4 is 5.32 Å². The topological polar surface area (TPSA) is 29.1 Å². The minimum Gasteiger partial charge on any atom is -0.349 e. The zero-order chi connectivity index (χ0) is 16.1. The monoisotopic (exact) mass is 319 g/mol. The molecule has 1 atom stereocenters. The van der Waals surface area contributed by atoms with Gasteiger partial charge in [-0.25, -0.2) is 4.39 Å². The normalized spacial score (nSPS) is 12.2. The maximum absolute atomic E-state index is 13.0. The van der Waals surface area contributed by atoms with Crippen molar-refractivity contribution in [3.8, 4) is 0 Å². The molecular weight excluding hydrogens is 301 g/mol. The average molecular weight is 320 g/mol. The lowest BCUT2D eigenvalue weighted by molar-refractivity contribution is -0.121. The molecule has 0 aliphatic heterocycles. The van der Waals surface area contributed by atoms with E-state index in [1.165, 1.54) is 12.1 Å². The molecule has 4 heteroatoms. The molecular formula is C18H19ClFNO. The van der Waals surface area contributed by atoms with Gasteiger partial charge in [-0.1, -0.05) is 49.7 Å². The molecule has 0 heterocycles. The molecule has 0 spiro atoms. The summed E-state index contributed by atoms with van der Waals surface area (Å²) in [6, 6.07) is 13.3. The Balaban J connectivity index is 2.05. The number of carbonyl (C=O) groups excluding carboxylic acids is 1. The summed E-state index contributed by atoms with van der Waals surface area (Å²) in [4.78, 5) is 12.2. The van der Waals surface area contributed by atoms with Crippen molar-refractivity contribution in [1.82, 2.24) is 5.32 Å². The molecule has 0 bridgehead atoms. The summed E-state index contributed by atoms with van der Waals surface area (Å²) in [5.74, 6) is -0.135. The number of hydrogen-bond acceptors (Lipinski definition) is 1. The molecule has 0 saturated carbocycles. The number of halogens is 2. The third-order valence-electron chi connectivity index (χ3n) is 3.49. The summed E-state index contributed by atoms with van der Waals surface area (Å²) >= 11 is 5.84. The van der Waals surface area contributed by atoms with Gasteiger partial charge in [0, 0.05) is 5.02 Å². The SMILES string of the molecule is CC(C)[C@@H](NC(=O)Cc1ccc(Cl)cc1)c1ccc(F)cc1. The molecule has 0 radical (unpaired) electrons. The van der Waals surface area contributed by atoms with Gasteiger partial charge in [0.15, 0.2) is 0 Å². The summed E-state index contributed by atoms with van der Waals surface area (Å²) in [7, 11) is 0. The Labute approximate surface area is 135 Å². The van der Waals surface area contributed by atoms with Gasteiger partial charge in [-0.2, -0.15) is 0 Å². The van der Waals surface area contributed by atoms with E-state index in [1.54, 1.807) is 24.3 Å². The van der Waals surface area contributed by atoms with E-state index in [2.05, 4.69) is 5.32 Å². The first kappa shape index (κ1) is 16.5. The summed E-state index contributed by atoms with van der Waals surface area (Å²) in [5, 5.41) is 3.67. The molecule has 22 heavy (non-hydrogen) atoms. The lowest BCUT2D eigenvalue weighted by Crippen LogP contribution is -2.32. The van der Waals surface area contributed by atoms with E-state index in [4.69, 9.17) is 11.6 Å². The number of nitrogens with one attached hydrogen (secondary N) is 1. The second-order valence-electron chi connectivity index (χ2n) is 5.64. The van der Waals surface area contributed by atoms with Crippen LogP contribution >= 0.6 is 11.6 Å². The van der Waals surface area contributed by atoms with Crippen molar-refractivity contribution in [3.05, 3.63) is 70.5 Å². The second kappa shape index (κ2) is 7.41. The van der Waals surface area contributed by atoms with Crippen LogP contribution in [0.25, 0.3) is 0 Å². The maximum Gasteiger partial charge on any atom is 0.224 e. The van der Waals surface area contributed by atoms with Crippen LogP contribution in [0.15, 0.2) is 48.5 Å². The number of carbonyl (C=O) groups is 1. The van der Waals surface area contributed by atoms with Crippen molar-refractivity contribution >= 4 is 17.5 Å². The largest absolute Gasteiger partial charge is 0.349 e. The smallest absolute Gasteiger partial charge is 0.224 e. The zero-order valence-corrected chi connectivity index (χ0v) is 13.4. The second-order valence-corrected chi connectivity index (χ2v) is 6.08. The van der Waals surface area contributed by atoms with Gasteiger partial charge in [-0.05, 0) is 41.3 Å². The molecule has 0 fully saturated rings. The van der Waals surface area contributed by atoms with Crippen LogP contribution in [-0.2, 0) is 11.2 Å². The van der Waals surface area contributed by atoms with Crippen LogP contribution in [0.3, 0.4) is 0 Å². The minimum absolute atomic E-state index is 0.0645. The van der Waals surface area contributed by atoms with Gasteiger partial charge in [0.2, 0.25) is 5.91 Å². The fourth-order valence-corrected chi connectivity index (χ4v) is 2.44. The fraction of sp³-hybridized carbons (Fsp3) is 0.278. The number of amides is 1. The van der Waals surface area contributed by atoms with Crippen molar-refractivity contribution in [2.45, 2.75) is 26.3 Å². The van der Waals surface area contributed by atoms with Gasteiger partial charge >= 0.3 is 0 Å². The molecule has 2 rings (SSSR count). The van der Waals surface area contributed by atoms with E-state index in [0.29, 0.717) is 11.4 Å². The molecule has 2 aromatic carbocycles. The number of hydrogen-bond donors (Lipinski definition) is 1. The lowest BCUT2D eigenvalue weighted by Gasteiger charge is -2.23. The Hall–Kier alpha value is -1.87. The van der Waals surface area contributed by atoms with E-state index in [-0.39, 0.29) is 23.7 Å². The van der Waals surface area contributed by atoms with Crippen molar-refractivity contribution in [1.29, 1.82) is 0 Å². The molecule has 0 saturated heterocycles. The highest BCUT2D eigenvalue weighted by atomic mass is 35.5. The van der Waals surface area contributed by atoms with E-state index in [9.17, 15) is 9.18 Å². The molecule has 116 valence electrons. The van der Waals surface area contributed by atoms with Gasteiger partial charge in [0.25, 0.3) is 0 Å². The predicted octanol–water partition coefficient (Wildman–Crippen LogP) is 4.54. The van der Waals surface area contributed by atoms with Crippen LogP contribution in [0.5, 0.6) is 0 Å². The Morgan fingerprint density at radius 2 is 1.68 bits per heavy atom. The van der Waals surface area contributed by atoms with Gasteiger partial charge in [-0.15, -0.1) is 0 Å². The van der Waals surface area contributed by atoms with Gasteiger partial charge in [0.05, 0.1) is 12.5 Å². The Morgan fingerprint density at radius 1 is 1.09 bits per heavy atom. The third kappa shape index (κ3) is 4.57. The molecule has 0 unspecified atom stereocenters. The van der Waals surface area contributed by atoms with Gasteiger partial charge in [-0.3, -0.25) is 4.79 Å². The van der Waals surface area contributed by atoms with E-state index >= 15 is 0 Å². The summed E-state index contributed by atoms with van der Waals surface area (Å²) < 4.78 is 13.0. The average Bonchev–Trinajstić information content (AvgIpc) is 2.48. The highest BCUT2D eigenvalue weighted by Crippen LogP contribution is 2.22. The molecule has 1 N–H and O–H groups in total.